The van der Waals surface area contributed by atoms with Gasteiger partial charge in [-0.1, -0.05) is 20.8 Å². The highest BCUT2D eigenvalue weighted by molar-refractivity contribution is 6.74. The summed E-state index contributed by atoms with van der Waals surface area (Å²) in [6.07, 6.45) is -0.274. The smallest absolute Gasteiger partial charge is 0.273 e. The lowest BCUT2D eigenvalue weighted by Crippen LogP contribution is -2.81. The first-order valence-corrected chi connectivity index (χ1v) is 11.5. The van der Waals surface area contributed by atoms with Crippen LogP contribution in [-0.2, 0) is 23.4 Å². The van der Waals surface area contributed by atoms with Gasteiger partial charge in [-0.25, -0.2) is 0 Å². The molecule has 0 amide bonds. The molecule has 0 aromatic heterocycles. The first kappa shape index (κ1) is 16.4. The van der Waals surface area contributed by atoms with Crippen molar-refractivity contribution in [2.45, 2.75) is 94.3 Å². The Kier molecular flexibility index (Phi) is 3.58. The molecule has 4 aliphatic heterocycles. The maximum Gasteiger partial charge on any atom is 0.273 e. The van der Waals surface area contributed by atoms with Crippen LogP contribution < -0.4 is 0 Å². The SMILES string of the molecule is CC(C)(C)[Si](C)(C)O[C@@H]1[C@H]2O[C@H]3O[C@@H]([C@H]2O)[C@@]2(CCCO2)[C@H]1O3. The molecule has 5 fully saturated rings. The molecule has 7 heteroatoms. The molecule has 0 aromatic carbocycles. The Bertz CT molecular complexity index is 483. The van der Waals surface area contributed by atoms with Crippen molar-refractivity contribution >= 4 is 8.32 Å². The summed E-state index contributed by atoms with van der Waals surface area (Å²) >= 11 is 0. The van der Waals surface area contributed by atoms with Gasteiger partial charge in [0.15, 0.2) is 8.32 Å². The Morgan fingerprint density at radius 2 is 1.83 bits per heavy atom. The lowest BCUT2D eigenvalue weighted by molar-refractivity contribution is -0.498. The Balaban J connectivity index is 1.67. The fraction of sp³-hybridized carbons (Fsp3) is 1.00. The van der Waals surface area contributed by atoms with Gasteiger partial charge < -0.3 is 28.5 Å². The molecule has 5 aliphatic rings. The molecular formula is C16H28O6Si. The van der Waals surface area contributed by atoms with Crippen molar-refractivity contribution in [2.24, 2.45) is 0 Å². The largest absolute Gasteiger partial charge is 0.408 e. The van der Waals surface area contributed by atoms with Crippen molar-refractivity contribution in [1.82, 2.24) is 0 Å². The molecule has 7 atom stereocenters. The summed E-state index contributed by atoms with van der Waals surface area (Å²) in [6.45, 7) is 11.0. The van der Waals surface area contributed by atoms with E-state index in [2.05, 4.69) is 33.9 Å². The zero-order valence-electron chi connectivity index (χ0n) is 14.6. The van der Waals surface area contributed by atoms with Crippen LogP contribution in [0.25, 0.3) is 0 Å². The fourth-order valence-corrected chi connectivity index (χ4v) is 5.35. The predicted molar refractivity (Wildman–Crippen MR) is 84.4 cm³/mol. The normalized spacial score (nSPS) is 49.3. The van der Waals surface area contributed by atoms with Gasteiger partial charge in [-0.2, -0.15) is 0 Å². The van der Waals surface area contributed by atoms with Crippen molar-refractivity contribution in [3.63, 3.8) is 0 Å². The number of hydrogen-bond acceptors (Lipinski definition) is 6. The number of ether oxygens (including phenoxy) is 4. The second-order valence-electron chi connectivity index (χ2n) is 8.74. The number of aliphatic hydroxyl groups excluding tert-OH is 1. The molecule has 0 aromatic rings. The second-order valence-corrected chi connectivity index (χ2v) is 13.5. The van der Waals surface area contributed by atoms with E-state index < -0.39 is 32.6 Å². The first-order chi connectivity index (χ1) is 10.7. The Morgan fingerprint density at radius 1 is 1.13 bits per heavy atom. The van der Waals surface area contributed by atoms with E-state index in [4.69, 9.17) is 23.4 Å². The molecule has 1 aliphatic carbocycles. The quantitative estimate of drug-likeness (QED) is 0.770. The highest BCUT2D eigenvalue weighted by Crippen LogP contribution is 2.53. The van der Waals surface area contributed by atoms with Gasteiger partial charge in [-0.3, -0.25) is 0 Å². The lowest BCUT2D eigenvalue weighted by Gasteiger charge is -2.63. The summed E-state index contributed by atoms with van der Waals surface area (Å²) in [5, 5.41) is 10.8. The van der Waals surface area contributed by atoms with E-state index in [1.165, 1.54) is 0 Å². The van der Waals surface area contributed by atoms with Crippen LogP contribution in [0.5, 0.6) is 0 Å². The van der Waals surface area contributed by atoms with Crippen LogP contribution in [0.15, 0.2) is 0 Å². The fourth-order valence-electron chi connectivity index (χ4n) is 4.06. The van der Waals surface area contributed by atoms with Crippen LogP contribution in [0.3, 0.4) is 0 Å². The van der Waals surface area contributed by atoms with Crippen LogP contribution in [0.2, 0.25) is 18.1 Å². The number of aliphatic hydroxyl groups is 1. The Hall–Kier alpha value is -0.0231. The van der Waals surface area contributed by atoms with Gasteiger partial charge in [0.25, 0.3) is 6.48 Å². The molecular weight excluding hydrogens is 316 g/mol. The molecule has 1 spiro atoms. The van der Waals surface area contributed by atoms with E-state index >= 15 is 0 Å². The minimum atomic E-state index is -2.03. The Labute approximate surface area is 138 Å². The summed E-state index contributed by atoms with van der Waals surface area (Å²) in [5.41, 5.74) is -0.594. The van der Waals surface area contributed by atoms with Gasteiger partial charge >= 0.3 is 0 Å². The summed E-state index contributed by atoms with van der Waals surface area (Å²) in [6, 6.07) is 0. The zero-order chi connectivity index (χ0) is 16.6. The van der Waals surface area contributed by atoms with E-state index in [0.717, 1.165) is 12.8 Å². The van der Waals surface area contributed by atoms with Crippen LogP contribution in [0.1, 0.15) is 33.6 Å². The summed E-state index contributed by atoms with van der Waals surface area (Å²) in [4.78, 5) is 0. The second kappa shape index (κ2) is 5.00. The van der Waals surface area contributed by atoms with Crippen LogP contribution in [0, 0.1) is 0 Å². The Morgan fingerprint density at radius 3 is 2.43 bits per heavy atom. The van der Waals surface area contributed by atoms with Crippen molar-refractivity contribution in [3.8, 4) is 0 Å². The molecule has 4 heterocycles. The van der Waals surface area contributed by atoms with Crippen molar-refractivity contribution in [3.05, 3.63) is 0 Å². The van der Waals surface area contributed by atoms with E-state index in [1.54, 1.807) is 0 Å². The number of hydrogen-bond donors (Lipinski definition) is 1. The molecule has 0 unspecified atom stereocenters. The zero-order valence-corrected chi connectivity index (χ0v) is 15.6. The lowest BCUT2D eigenvalue weighted by atomic mass is 9.72. The van der Waals surface area contributed by atoms with Gasteiger partial charge in [-0.05, 0) is 31.0 Å². The molecule has 6 nitrogen and oxygen atoms in total. The van der Waals surface area contributed by atoms with Gasteiger partial charge in [0, 0.05) is 6.61 Å². The van der Waals surface area contributed by atoms with Crippen LogP contribution in [-0.4, -0.2) is 62.6 Å². The van der Waals surface area contributed by atoms with Gasteiger partial charge in [0.1, 0.15) is 36.1 Å². The average Bonchev–Trinajstić information content (AvgIpc) is 2.92. The van der Waals surface area contributed by atoms with Gasteiger partial charge in [0.05, 0.1) is 0 Å². The van der Waals surface area contributed by atoms with Gasteiger partial charge in [0.2, 0.25) is 0 Å². The van der Waals surface area contributed by atoms with Crippen molar-refractivity contribution in [1.29, 1.82) is 0 Å². The highest BCUT2D eigenvalue weighted by atomic mass is 28.4. The topological polar surface area (TPSA) is 66.4 Å². The maximum atomic E-state index is 10.8. The summed E-state index contributed by atoms with van der Waals surface area (Å²) in [7, 11) is -2.03. The summed E-state index contributed by atoms with van der Waals surface area (Å²) < 4.78 is 30.2. The van der Waals surface area contributed by atoms with E-state index in [1.807, 2.05) is 0 Å². The van der Waals surface area contributed by atoms with Crippen LogP contribution in [0.4, 0.5) is 0 Å². The third kappa shape index (κ3) is 2.21. The molecule has 5 rings (SSSR count). The third-order valence-corrected chi connectivity index (χ3v) is 10.8. The molecule has 4 bridgehead atoms. The van der Waals surface area contributed by atoms with Gasteiger partial charge in [-0.15, -0.1) is 0 Å². The molecule has 132 valence electrons. The monoisotopic (exact) mass is 344 g/mol. The van der Waals surface area contributed by atoms with E-state index in [0.29, 0.717) is 6.61 Å². The molecule has 1 N–H and O–H groups in total. The number of rotatable bonds is 2. The van der Waals surface area contributed by atoms with Crippen molar-refractivity contribution in [2.75, 3.05) is 6.61 Å². The molecule has 23 heavy (non-hydrogen) atoms. The highest BCUT2D eigenvalue weighted by Gasteiger charge is 2.71. The molecule has 0 radical (unpaired) electrons. The minimum absolute atomic E-state index is 0.0762. The maximum absolute atomic E-state index is 10.8. The van der Waals surface area contributed by atoms with E-state index in [-0.39, 0.29) is 23.4 Å². The minimum Gasteiger partial charge on any atom is -0.408 e. The standard InChI is InChI=1S/C16H28O6Si/c1-15(2,3)23(4,5)22-11-10-9(17)12-16(7-6-8-18-16)13(11)21-14(19-10)20-12/h9-14,17H,6-8H2,1-5H3/t9-,10-,11+,12-,13-,14-,16-/m0/s1. The van der Waals surface area contributed by atoms with E-state index in [9.17, 15) is 5.11 Å². The van der Waals surface area contributed by atoms with Crippen LogP contribution >= 0.6 is 0 Å². The predicted octanol–water partition coefficient (Wildman–Crippen LogP) is 1.77. The molecule has 1 saturated carbocycles. The summed E-state index contributed by atoms with van der Waals surface area (Å²) in [5.74, 6) is 0. The third-order valence-electron chi connectivity index (χ3n) is 6.34. The average molecular weight is 344 g/mol. The molecule has 4 saturated heterocycles. The van der Waals surface area contributed by atoms with Crippen molar-refractivity contribution < 1.29 is 28.5 Å². The first-order valence-electron chi connectivity index (χ1n) is 8.62.